The van der Waals surface area contributed by atoms with E-state index in [0.29, 0.717) is 40.8 Å². The number of amides is 1. The summed E-state index contributed by atoms with van der Waals surface area (Å²) >= 11 is 1.39. The molecule has 1 amide bonds. The van der Waals surface area contributed by atoms with Gasteiger partial charge in [-0.05, 0) is 53.5 Å². The molecule has 5 heterocycles. The molecule has 0 N–H and O–H groups in total. The molecule has 0 saturated carbocycles. The van der Waals surface area contributed by atoms with Gasteiger partial charge >= 0.3 is 6.09 Å². The van der Waals surface area contributed by atoms with E-state index in [4.69, 9.17) is 14.2 Å². The third-order valence-electron chi connectivity index (χ3n) is 6.76. The summed E-state index contributed by atoms with van der Waals surface area (Å²) in [5, 5.41) is 25.5. The molecule has 1 fully saturated rings. The van der Waals surface area contributed by atoms with E-state index in [1.54, 1.807) is 16.5 Å². The van der Waals surface area contributed by atoms with Crippen molar-refractivity contribution in [3.8, 4) is 28.3 Å². The highest BCUT2D eigenvalue weighted by molar-refractivity contribution is 7.11. The Morgan fingerprint density at radius 3 is 2.67 bits per heavy atom. The molecule has 1 unspecified atom stereocenters. The van der Waals surface area contributed by atoms with Crippen molar-refractivity contribution in [2.75, 3.05) is 20.2 Å². The number of pyridine rings is 1. The fraction of sp³-hybridized carbons (Fsp3) is 0.481. The highest BCUT2D eigenvalue weighted by atomic mass is 32.1. The van der Waals surface area contributed by atoms with E-state index in [-0.39, 0.29) is 12.1 Å². The number of aromatic nitrogens is 6. The first-order valence-corrected chi connectivity index (χ1v) is 13.9. The van der Waals surface area contributed by atoms with E-state index >= 15 is 0 Å². The van der Waals surface area contributed by atoms with Crippen LogP contribution in [0.15, 0.2) is 23.8 Å². The Morgan fingerprint density at radius 2 is 2.02 bits per heavy atom. The zero-order valence-electron chi connectivity index (χ0n) is 23.4. The highest BCUT2D eigenvalue weighted by Crippen LogP contribution is 2.35. The highest BCUT2D eigenvalue weighted by Gasteiger charge is 2.29. The SMILES string of the molecule is COc1nc(C(C)Oc2cc(-c3nnn(C4CCN(C(=O)OC(C)(C)C)CC4)c3C)cn3ncc(C#N)c23)cs1. The smallest absolute Gasteiger partial charge is 0.410 e. The van der Waals surface area contributed by atoms with Crippen LogP contribution >= 0.6 is 11.3 Å². The minimum atomic E-state index is -0.525. The summed E-state index contributed by atoms with van der Waals surface area (Å²) in [7, 11) is 1.58. The predicted octanol–water partition coefficient (Wildman–Crippen LogP) is 4.95. The van der Waals surface area contributed by atoms with E-state index in [0.717, 1.165) is 29.8 Å². The molecule has 1 aliphatic heterocycles. The number of likely N-dealkylation sites (tertiary alicyclic amines) is 1. The van der Waals surface area contributed by atoms with Crippen LogP contribution in [0.3, 0.4) is 0 Å². The van der Waals surface area contributed by atoms with Crippen molar-refractivity contribution >= 4 is 22.9 Å². The average molecular weight is 565 g/mol. The molecule has 1 saturated heterocycles. The van der Waals surface area contributed by atoms with Crippen molar-refractivity contribution in [3.05, 3.63) is 40.8 Å². The van der Waals surface area contributed by atoms with Crippen LogP contribution < -0.4 is 9.47 Å². The first kappa shape index (κ1) is 27.4. The molecule has 0 bridgehead atoms. The molecule has 1 aliphatic rings. The fourth-order valence-corrected chi connectivity index (χ4v) is 5.48. The van der Waals surface area contributed by atoms with Gasteiger partial charge in [0.05, 0.1) is 30.7 Å². The molecule has 40 heavy (non-hydrogen) atoms. The van der Waals surface area contributed by atoms with Crippen LogP contribution in [0, 0.1) is 18.3 Å². The molecule has 12 nitrogen and oxygen atoms in total. The van der Waals surface area contributed by atoms with Crippen LogP contribution in [0.1, 0.15) is 69.6 Å². The van der Waals surface area contributed by atoms with E-state index in [1.807, 2.05) is 56.9 Å². The molecule has 1 atom stereocenters. The quantitative estimate of drug-likeness (QED) is 0.319. The van der Waals surface area contributed by atoms with Crippen molar-refractivity contribution in [1.82, 2.24) is 34.5 Å². The van der Waals surface area contributed by atoms with E-state index in [9.17, 15) is 10.1 Å². The van der Waals surface area contributed by atoms with Crippen LogP contribution in [0.4, 0.5) is 4.79 Å². The number of carbonyl (C=O) groups is 1. The third kappa shape index (κ3) is 5.44. The summed E-state index contributed by atoms with van der Waals surface area (Å²) < 4.78 is 20.6. The molecular formula is C27H32N8O4S. The molecular weight excluding hydrogens is 532 g/mol. The van der Waals surface area contributed by atoms with Gasteiger partial charge < -0.3 is 19.1 Å². The van der Waals surface area contributed by atoms with Gasteiger partial charge in [0, 0.05) is 30.2 Å². The molecule has 4 aromatic heterocycles. The summed E-state index contributed by atoms with van der Waals surface area (Å²) in [5.41, 5.74) is 3.52. The fourth-order valence-electron chi connectivity index (χ4n) is 4.76. The van der Waals surface area contributed by atoms with Crippen molar-refractivity contribution in [1.29, 1.82) is 5.26 Å². The Kier molecular flexibility index (Phi) is 7.37. The van der Waals surface area contributed by atoms with Gasteiger partial charge in [-0.1, -0.05) is 16.6 Å². The maximum Gasteiger partial charge on any atom is 0.410 e. The topological polar surface area (TPSA) is 133 Å². The minimum Gasteiger partial charge on any atom is -0.482 e. The maximum absolute atomic E-state index is 12.5. The summed E-state index contributed by atoms with van der Waals surface area (Å²) in [4.78, 5) is 18.7. The Bertz CT molecular complexity index is 1570. The summed E-state index contributed by atoms with van der Waals surface area (Å²) in [6, 6.07) is 4.16. The second kappa shape index (κ2) is 10.8. The zero-order chi connectivity index (χ0) is 28.6. The van der Waals surface area contributed by atoms with E-state index in [1.165, 1.54) is 17.5 Å². The average Bonchev–Trinajstić information content (AvgIpc) is 3.66. The summed E-state index contributed by atoms with van der Waals surface area (Å²) in [5.74, 6) is 0.491. The van der Waals surface area contributed by atoms with Crippen molar-refractivity contribution in [2.45, 2.75) is 65.2 Å². The number of hydrogen-bond donors (Lipinski definition) is 0. The second-order valence-corrected chi connectivity index (χ2v) is 11.5. The lowest BCUT2D eigenvalue weighted by molar-refractivity contribution is 0.0183. The van der Waals surface area contributed by atoms with Gasteiger partial charge in [-0.25, -0.2) is 19.0 Å². The Balaban J connectivity index is 1.40. The lowest BCUT2D eigenvalue weighted by Gasteiger charge is -2.33. The molecule has 210 valence electrons. The van der Waals surface area contributed by atoms with E-state index < -0.39 is 11.7 Å². The molecule has 13 heteroatoms. The Labute approximate surface area is 236 Å². The van der Waals surface area contributed by atoms with Crippen molar-refractivity contribution < 1.29 is 19.0 Å². The first-order chi connectivity index (χ1) is 19.1. The van der Waals surface area contributed by atoms with Gasteiger partial charge in [0.15, 0.2) is 0 Å². The van der Waals surface area contributed by atoms with Gasteiger partial charge in [0.25, 0.3) is 5.19 Å². The van der Waals surface area contributed by atoms with Gasteiger partial charge in [-0.15, -0.1) is 5.10 Å². The Hall–Kier alpha value is -4.18. The standard InChI is InChI=1S/C27H32N8O4S/c1-16-23(31-32-35(16)20-7-9-33(10-8-20)26(36)39-27(3,4)5)18-11-22(24-19(12-28)13-29-34(24)14-18)38-17(2)21-15-40-25(30-21)37-6/h11,13-15,17,20H,7-10H2,1-6H3. The molecule has 5 rings (SSSR count). The number of nitrogens with zero attached hydrogens (tertiary/aromatic N) is 8. The number of rotatable bonds is 6. The number of carbonyl (C=O) groups excluding carboxylic acids is 1. The van der Waals surface area contributed by atoms with Crippen LogP contribution in [0.2, 0.25) is 0 Å². The number of thiazole rings is 1. The first-order valence-electron chi connectivity index (χ1n) is 13.1. The monoisotopic (exact) mass is 564 g/mol. The van der Waals surface area contributed by atoms with Crippen molar-refractivity contribution in [2.24, 2.45) is 0 Å². The van der Waals surface area contributed by atoms with Crippen LogP contribution in [0.5, 0.6) is 10.9 Å². The van der Waals surface area contributed by atoms with Gasteiger partial charge in [0.2, 0.25) is 0 Å². The van der Waals surface area contributed by atoms with Crippen LogP contribution in [-0.4, -0.2) is 66.4 Å². The maximum atomic E-state index is 12.5. The van der Waals surface area contributed by atoms with Crippen LogP contribution in [0.25, 0.3) is 16.8 Å². The lowest BCUT2D eigenvalue weighted by atomic mass is 10.0. The number of ether oxygens (including phenoxy) is 3. The number of fused-ring (bicyclic) bond motifs is 1. The molecule has 0 radical (unpaired) electrons. The molecule has 4 aromatic rings. The van der Waals surface area contributed by atoms with Gasteiger partial charge in [-0.2, -0.15) is 10.4 Å². The zero-order valence-corrected chi connectivity index (χ0v) is 24.2. The summed E-state index contributed by atoms with van der Waals surface area (Å²) in [6.07, 6.45) is 4.15. The predicted molar refractivity (Wildman–Crippen MR) is 147 cm³/mol. The number of nitriles is 1. The largest absolute Gasteiger partial charge is 0.482 e. The molecule has 0 aromatic carbocycles. The lowest BCUT2D eigenvalue weighted by Crippen LogP contribution is -2.42. The van der Waals surface area contributed by atoms with E-state index in [2.05, 4.69) is 26.5 Å². The molecule has 0 spiro atoms. The number of methoxy groups -OCH3 is 1. The summed E-state index contributed by atoms with van der Waals surface area (Å²) in [6.45, 7) is 10.6. The number of piperidine rings is 1. The van der Waals surface area contributed by atoms with Crippen LogP contribution in [-0.2, 0) is 4.74 Å². The van der Waals surface area contributed by atoms with Crippen molar-refractivity contribution in [3.63, 3.8) is 0 Å². The normalized spacial score (nSPS) is 15.2. The molecule has 0 aliphatic carbocycles. The van der Waals surface area contributed by atoms with Gasteiger partial charge in [0.1, 0.15) is 40.3 Å². The van der Waals surface area contributed by atoms with Gasteiger partial charge in [-0.3, -0.25) is 0 Å². The number of hydrogen-bond acceptors (Lipinski definition) is 10. The Morgan fingerprint density at radius 1 is 1.27 bits per heavy atom. The minimum absolute atomic E-state index is 0.106. The second-order valence-electron chi connectivity index (χ2n) is 10.7. The third-order valence-corrected chi connectivity index (χ3v) is 7.57.